The highest BCUT2D eigenvalue weighted by atomic mass is 16.5. The number of rotatable bonds is 7. The minimum absolute atomic E-state index is 0.0184. The van der Waals surface area contributed by atoms with Gasteiger partial charge in [-0.15, -0.1) is 0 Å². The highest BCUT2D eigenvalue weighted by molar-refractivity contribution is 5.41. The first kappa shape index (κ1) is 14.9. The van der Waals surface area contributed by atoms with Gasteiger partial charge in [0, 0.05) is 42.1 Å². The van der Waals surface area contributed by atoms with Crippen LogP contribution in [-0.2, 0) is 11.2 Å². The molecule has 1 atom stereocenters. The molecule has 0 bridgehead atoms. The maximum atomic E-state index is 6.04. The number of aryl methyl sites for hydroxylation is 1. The molecule has 0 aliphatic carbocycles. The smallest absolute Gasteiger partial charge is 0.128 e. The van der Waals surface area contributed by atoms with E-state index in [1.54, 1.807) is 7.11 Å². The van der Waals surface area contributed by atoms with E-state index in [4.69, 9.17) is 15.2 Å². The number of nitrogens with two attached hydrogens (primary N) is 1. The fourth-order valence-corrected chi connectivity index (χ4v) is 1.96. The number of nitrogens with zero attached hydrogens (tertiary/aromatic N) is 1. The molecule has 4 heteroatoms. The molecule has 1 heterocycles. The maximum absolute atomic E-state index is 6.04. The molecule has 1 unspecified atom stereocenters. The van der Waals surface area contributed by atoms with Gasteiger partial charge in [0.05, 0.1) is 13.7 Å². The molecule has 18 heavy (non-hydrogen) atoms. The van der Waals surface area contributed by atoms with Crippen LogP contribution in [0, 0.1) is 13.8 Å². The molecule has 2 N–H and O–H groups in total. The molecule has 1 aromatic heterocycles. The average Bonchev–Trinajstić information content (AvgIpc) is 2.34. The van der Waals surface area contributed by atoms with Gasteiger partial charge in [0.1, 0.15) is 5.75 Å². The van der Waals surface area contributed by atoms with Gasteiger partial charge in [-0.2, -0.15) is 0 Å². The van der Waals surface area contributed by atoms with E-state index in [1.165, 1.54) is 0 Å². The Balaban J connectivity index is 2.67. The Bertz CT molecular complexity index is 380. The summed E-state index contributed by atoms with van der Waals surface area (Å²) in [5.74, 6) is 0.904. The van der Waals surface area contributed by atoms with Crippen LogP contribution in [0.15, 0.2) is 6.20 Å². The molecular formula is C14H24N2O2. The Hall–Kier alpha value is -1.13. The predicted octanol–water partition coefficient (Wildman–Crippen LogP) is 2.00. The van der Waals surface area contributed by atoms with Crippen LogP contribution in [0.1, 0.15) is 30.2 Å². The molecule has 0 saturated heterocycles. The minimum atomic E-state index is -0.0184. The van der Waals surface area contributed by atoms with E-state index in [2.05, 4.69) is 11.9 Å². The molecule has 0 aliphatic heterocycles. The van der Waals surface area contributed by atoms with Crippen LogP contribution in [0.3, 0.4) is 0 Å². The van der Waals surface area contributed by atoms with Crippen molar-refractivity contribution < 1.29 is 9.47 Å². The van der Waals surface area contributed by atoms with Gasteiger partial charge in [-0.05, 0) is 20.3 Å². The van der Waals surface area contributed by atoms with Gasteiger partial charge < -0.3 is 15.2 Å². The van der Waals surface area contributed by atoms with Crippen molar-refractivity contribution in [3.63, 3.8) is 0 Å². The van der Waals surface area contributed by atoms with Gasteiger partial charge >= 0.3 is 0 Å². The topological polar surface area (TPSA) is 57.4 Å². The van der Waals surface area contributed by atoms with E-state index >= 15 is 0 Å². The Kier molecular flexibility index (Phi) is 6.09. The van der Waals surface area contributed by atoms with Crippen molar-refractivity contribution in [2.45, 2.75) is 39.7 Å². The fourth-order valence-electron chi connectivity index (χ4n) is 1.96. The van der Waals surface area contributed by atoms with E-state index in [9.17, 15) is 0 Å². The molecule has 0 saturated carbocycles. The zero-order valence-corrected chi connectivity index (χ0v) is 11.8. The first-order chi connectivity index (χ1) is 8.60. The molecule has 0 radical (unpaired) electrons. The number of ether oxygens (including phenoxy) is 2. The summed E-state index contributed by atoms with van der Waals surface area (Å²) in [7, 11) is 1.68. The van der Waals surface area contributed by atoms with Crippen molar-refractivity contribution >= 4 is 0 Å². The lowest BCUT2D eigenvalue weighted by Crippen LogP contribution is -2.29. The van der Waals surface area contributed by atoms with Crippen LogP contribution in [0.5, 0.6) is 5.75 Å². The molecule has 0 fully saturated rings. The lowest BCUT2D eigenvalue weighted by Gasteiger charge is -2.15. The van der Waals surface area contributed by atoms with Crippen molar-refractivity contribution in [2.24, 2.45) is 5.73 Å². The minimum Gasteiger partial charge on any atom is -0.496 e. The number of methoxy groups -OCH3 is 1. The third-order valence-electron chi connectivity index (χ3n) is 2.89. The van der Waals surface area contributed by atoms with E-state index in [0.717, 1.165) is 35.6 Å². The van der Waals surface area contributed by atoms with E-state index in [1.807, 2.05) is 20.0 Å². The molecular weight excluding hydrogens is 228 g/mol. The summed E-state index contributed by atoms with van der Waals surface area (Å²) in [5, 5.41) is 0. The van der Waals surface area contributed by atoms with Crippen molar-refractivity contribution in [3.05, 3.63) is 23.0 Å². The molecule has 102 valence electrons. The van der Waals surface area contributed by atoms with Gasteiger partial charge in [-0.1, -0.05) is 6.92 Å². The first-order valence-electron chi connectivity index (χ1n) is 6.42. The summed E-state index contributed by atoms with van der Waals surface area (Å²) in [5.41, 5.74) is 9.15. The summed E-state index contributed by atoms with van der Waals surface area (Å²) in [6.45, 7) is 7.44. The van der Waals surface area contributed by atoms with Gasteiger partial charge in [-0.25, -0.2) is 0 Å². The Labute approximate surface area is 110 Å². The van der Waals surface area contributed by atoms with Gasteiger partial charge in [-0.3, -0.25) is 4.98 Å². The van der Waals surface area contributed by atoms with Gasteiger partial charge in [0.2, 0.25) is 0 Å². The molecule has 0 aliphatic rings. The van der Waals surface area contributed by atoms with Crippen LogP contribution in [-0.4, -0.2) is 31.3 Å². The summed E-state index contributed by atoms with van der Waals surface area (Å²) in [4.78, 5) is 4.44. The van der Waals surface area contributed by atoms with E-state index in [-0.39, 0.29) is 6.04 Å². The second-order valence-electron chi connectivity index (χ2n) is 4.59. The zero-order chi connectivity index (χ0) is 13.5. The van der Waals surface area contributed by atoms with E-state index in [0.29, 0.717) is 13.0 Å². The summed E-state index contributed by atoms with van der Waals surface area (Å²) in [6, 6.07) is -0.0184. The first-order valence-corrected chi connectivity index (χ1v) is 6.42. The number of pyridine rings is 1. The van der Waals surface area contributed by atoms with Crippen molar-refractivity contribution in [1.82, 2.24) is 4.98 Å². The average molecular weight is 252 g/mol. The lowest BCUT2D eigenvalue weighted by molar-refractivity contribution is 0.121. The standard InChI is InChI=1S/C14H24N2O2/c1-5-6-18-9-12(15)7-13-11(3)14(17-4)10(2)8-16-13/h8,12H,5-7,9,15H2,1-4H3. The van der Waals surface area contributed by atoms with Crippen LogP contribution >= 0.6 is 0 Å². The van der Waals surface area contributed by atoms with Gasteiger partial charge in [0.25, 0.3) is 0 Å². The number of aromatic nitrogens is 1. The second kappa shape index (κ2) is 7.34. The third-order valence-corrected chi connectivity index (χ3v) is 2.89. The van der Waals surface area contributed by atoms with Crippen LogP contribution in [0.4, 0.5) is 0 Å². The Morgan fingerprint density at radius 3 is 2.72 bits per heavy atom. The molecule has 4 nitrogen and oxygen atoms in total. The van der Waals surface area contributed by atoms with Gasteiger partial charge in [0.15, 0.2) is 0 Å². The summed E-state index contributed by atoms with van der Waals surface area (Å²) in [6.07, 6.45) is 3.56. The summed E-state index contributed by atoms with van der Waals surface area (Å²) < 4.78 is 10.8. The Morgan fingerprint density at radius 2 is 2.11 bits per heavy atom. The zero-order valence-electron chi connectivity index (χ0n) is 11.8. The molecule has 1 rings (SSSR count). The second-order valence-corrected chi connectivity index (χ2v) is 4.59. The normalized spacial score (nSPS) is 12.5. The highest BCUT2D eigenvalue weighted by Gasteiger charge is 2.12. The van der Waals surface area contributed by atoms with Crippen molar-refractivity contribution in [2.75, 3.05) is 20.3 Å². The van der Waals surface area contributed by atoms with Crippen LogP contribution in [0.25, 0.3) is 0 Å². The van der Waals surface area contributed by atoms with Crippen LogP contribution < -0.4 is 10.5 Å². The SMILES string of the molecule is CCCOCC(N)Cc1ncc(C)c(OC)c1C. The van der Waals surface area contributed by atoms with E-state index < -0.39 is 0 Å². The molecule has 0 amide bonds. The summed E-state index contributed by atoms with van der Waals surface area (Å²) >= 11 is 0. The van der Waals surface area contributed by atoms with Crippen LogP contribution in [0.2, 0.25) is 0 Å². The maximum Gasteiger partial charge on any atom is 0.128 e. The monoisotopic (exact) mass is 252 g/mol. The molecule has 0 aromatic carbocycles. The number of hydrogen-bond donors (Lipinski definition) is 1. The Morgan fingerprint density at radius 1 is 1.39 bits per heavy atom. The fraction of sp³-hybridized carbons (Fsp3) is 0.643. The quantitative estimate of drug-likeness (QED) is 0.754. The largest absolute Gasteiger partial charge is 0.496 e. The molecule has 0 spiro atoms. The highest BCUT2D eigenvalue weighted by Crippen LogP contribution is 2.24. The molecule has 1 aromatic rings. The predicted molar refractivity (Wildman–Crippen MR) is 73.1 cm³/mol. The third kappa shape index (κ3) is 3.96. The lowest BCUT2D eigenvalue weighted by atomic mass is 10.1. The number of hydrogen-bond acceptors (Lipinski definition) is 4. The van der Waals surface area contributed by atoms with Crippen molar-refractivity contribution in [1.29, 1.82) is 0 Å². The van der Waals surface area contributed by atoms with Crippen molar-refractivity contribution in [3.8, 4) is 5.75 Å².